The number of hydrogen-bond acceptors (Lipinski definition) is 7. The van der Waals surface area contributed by atoms with E-state index in [-0.39, 0.29) is 28.2 Å². The van der Waals surface area contributed by atoms with Crippen LogP contribution in [0.2, 0.25) is 0 Å². The van der Waals surface area contributed by atoms with E-state index >= 15 is 4.39 Å². The number of carbonyl (C=O) groups is 3. The average molecular weight is 493 g/mol. The highest BCUT2D eigenvalue weighted by molar-refractivity contribution is 7.18. The molecule has 3 heterocycles. The molecule has 7 nitrogen and oxygen atoms in total. The summed E-state index contributed by atoms with van der Waals surface area (Å²) in [5.41, 5.74) is 1.37. The summed E-state index contributed by atoms with van der Waals surface area (Å²) < 4.78 is 20.7. The number of carbonyl (C=O) groups excluding carboxylic acids is 3. The average Bonchev–Trinajstić information content (AvgIpc) is 3.46. The van der Waals surface area contributed by atoms with Crippen LogP contribution in [0.25, 0.3) is 5.76 Å². The molecule has 0 bridgehead atoms. The summed E-state index contributed by atoms with van der Waals surface area (Å²) in [5, 5.41) is 11.4. The number of aromatic nitrogens is 1. The Balaban J connectivity index is 1.71. The first-order valence-electron chi connectivity index (χ1n) is 11.0. The Morgan fingerprint density at radius 1 is 1.23 bits per heavy atom. The first-order valence-corrected chi connectivity index (χ1v) is 11.8. The van der Waals surface area contributed by atoms with Gasteiger partial charge in [-0.05, 0) is 43.7 Å². The predicted octanol–water partition coefficient (Wildman–Crippen LogP) is 4.74. The first kappa shape index (κ1) is 22.9. The largest absolute Gasteiger partial charge is 0.507 e. The van der Waals surface area contributed by atoms with Gasteiger partial charge >= 0.3 is 5.91 Å². The van der Waals surface area contributed by atoms with Crippen LogP contribution in [-0.4, -0.2) is 33.7 Å². The lowest BCUT2D eigenvalue weighted by Crippen LogP contribution is -2.29. The molecular weight excluding hydrogens is 471 g/mol. The Morgan fingerprint density at radius 2 is 1.97 bits per heavy atom. The lowest BCUT2D eigenvalue weighted by molar-refractivity contribution is -0.132. The van der Waals surface area contributed by atoms with E-state index in [0.717, 1.165) is 21.8 Å². The summed E-state index contributed by atoms with van der Waals surface area (Å²) in [5.74, 6) is -2.53. The first-order chi connectivity index (χ1) is 16.7. The van der Waals surface area contributed by atoms with Crippen molar-refractivity contribution >= 4 is 39.7 Å². The van der Waals surface area contributed by atoms with Crippen LogP contribution < -0.4 is 9.64 Å². The lowest BCUT2D eigenvalue weighted by Gasteiger charge is -2.23. The molecule has 0 aliphatic carbocycles. The Morgan fingerprint density at radius 3 is 2.66 bits per heavy atom. The Kier molecular flexibility index (Phi) is 5.52. The minimum atomic E-state index is -1.26. The van der Waals surface area contributed by atoms with Crippen LogP contribution >= 0.6 is 11.3 Å². The third-order valence-electron chi connectivity index (χ3n) is 6.12. The van der Waals surface area contributed by atoms with Crippen LogP contribution in [0.3, 0.4) is 0 Å². The van der Waals surface area contributed by atoms with Crippen LogP contribution in [-0.2, 0) is 16.0 Å². The topological polar surface area (TPSA) is 96.8 Å². The summed E-state index contributed by atoms with van der Waals surface area (Å²) in [6.45, 7) is 4.93. The third-order valence-corrected chi connectivity index (χ3v) is 7.38. The number of ether oxygens (including phenoxy) is 1. The molecule has 1 N–H and O–H groups in total. The number of aliphatic hydroxyl groups excluding tert-OH is 1. The summed E-state index contributed by atoms with van der Waals surface area (Å²) in [4.78, 5) is 44.2. The van der Waals surface area contributed by atoms with Crippen molar-refractivity contribution in [2.75, 3.05) is 4.90 Å². The number of benzene rings is 2. The van der Waals surface area contributed by atoms with E-state index in [2.05, 4.69) is 4.98 Å². The monoisotopic (exact) mass is 492 g/mol. The maximum absolute atomic E-state index is 15.0. The number of thiazole rings is 1. The third kappa shape index (κ3) is 3.72. The fourth-order valence-corrected chi connectivity index (χ4v) is 5.55. The number of nitrogens with zero attached hydrogens (tertiary/aromatic N) is 2. The molecule has 1 fully saturated rings. The molecule has 3 aromatic rings. The van der Waals surface area contributed by atoms with Gasteiger partial charge in [0.2, 0.25) is 0 Å². The second-order valence-corrected chi connectivity index (χ2v) is 9.59. The molecule has 0 radical (unpaired) electrons. The molecule has 0 spiro atoms. The summed E-state index contributed by atoms with van der Waals surface area (Å²) >= 11 is 0.950. The molecule has 0 saturated carbocycles. The zero-order valence-electron chi connectivity index (χ0n) is 19.2. The van der Waals surface area contributed by atoms with Gasteiger partial charge in [0.05, 0.1) is 16.1 Å². The second-order valence-electron chi connectivity index (χ2n) is 8.61. The minimum absolute atomic E-state index is 0.0185. The highest BCUT2D eigenvalue weighted by Crippen LogP contribution is 2.45. The summed E-state index contributed by atoms with van der Waals surface area (Å²) in [6.07, 6.45) is 0.614. The fraction of sp³-hybridized carbons (Fsp3) is 0.231. The number of aliphatic hydroxyl groups is 1. The van der Waals surface area contributed by atoms with Crippen LogP contribution in [0.4, 0.5) is 9.52 Å². The van der Waals surface area contributed by atoms with Gasteiger partial charge in [-0.25, -0.2) is 9.37 Å². The Hall–Kier alpha value is -3.85. The molecule has 35 heavy (non-hydrogen) atoms. The van der Waals surface area contributed by atoms with Gasteiger partial charge in [-0.2, -0.15) is 0 Å². The van der Waals surface area contributed by atoms with Crippen LogP contribution in [0.15, 0.2) is 48.0 Å². The molecule has 1 amide bonds. The number of ketones is 2. The standard InChI is InChI=1S/C26H21FN2O5S/c1-12-10-16-11-15(8-9-19(16)34-12)22(31)20-21(17-6-4-5-7-18(17)27)29(25(33)23(20)32)26-28-13(2)24(35-26)14(3)30/h4-9,11-12,21,31H,10H2,1-3H3/b22-20-. The maximum atomic E-state index is 15.0. The molecule has 2 aliphatic rings. The maximum Gasteiger partial charge on any atom is 0.301 e. The Labute approximate surface area is 204 Å². The van der Waals surface area contributed by atoms with Gasteiger partial charge in [0.1, 0.15) is 29.5 Å². The molecular formula is C26H21FN2O5S. The van der Waals surface area contributed by atoms with Crippen LogP contribution in [0.5, 0.6) is 5.75 Å². The van der Waals surface area contributed by atoms with Crippen molar-refractivity contribution in [3.05, 3.63) is 81.1 Å². The highest BCUT2D eigenvalue weighted by Gasteiger charge is 2.49. The van der Waals surface area contributed by atoms with Crippen molar-refractivity contribution in [3.63, 3.8) is 0 Å². The Bertz CT molecular complexity index is 1440. The summed E-state index contributed by atoms with van der Waals surface area (Å²) in [6, 6.07) is 9.50. The van der Waals surface area contributed by atoms with Crippen LogP contribution in [0, 0.1) is 12.7 Å². The van der Waals surface area contributed by atoms with Gasteiger partial charge in [0.25, 0.3) is 5.78 Å². The number of aryl methyl sites for hydroxylation is 1. The highest BCUT2D eigenvalue weighted by atomic mass is 32.1. The molecule has 2 aliphatic heterocycles. The normalized spacial score (nSPS) is 20.7. The van der Waals surface area contributed by atoms with Crippen molar-refractivity contribution < 1.29 is 28.6 Å². The molecule has 2 unspecified atom stereocenters. The molecule has 5 rings (SSSR count). The molecule has 1 saturated heterocycles. The van der Waals surface area contributed by atoms with E-state index in [0.29, 0.717) is 28.3 Å². The van der Waals surface area contributed by atoms with Gasteiger partial charge in [0, 0.05) is 24.5 Å². The molecule has 178 valence electrons. The minimum Gasteiger partial charge on any atom is -0.507 e. The van der Waals surface area contributed by atoms with Crippen LogP contribution in [0.1, 0.15) is 51.9 Å². The van der Waals surface area contributed by atoms with E-state index in [1.807, 2.05) is 6.92 Å². The molecule has 1 aromatic heterocycles. The molecule has 9 heteroatoms. The van der Waals surface area contributed by atoms with E-state index in [1.54, 1.807) is 31.2 Å². The van der Waals surface area contributed by atoms with Gasteiger partial charge in [-0.1, -0.05) is 29.5 Å². The quantitative estimate of drug-likeness (QED) is 0.245. The second kappa shape index (κ2) is 8.42. The van der Waals surface area contributed by atoms with E-state index in [9.17, 15) is 19.5 Å². The SMILES string of the molecule is CC(=O)c1sc(N2C(=O)C(=O)/C(=C(\O)c3ccc4c(c3)CC(C)O4)C2c2ccccc2F)nc1C. The number of Topliss-reactive ketones (excluding diaryl/α,β-unsaturated/α-hetero) is 2. The zero-order chi connectivity index (χ0) is 25.0. The summed E-state index contributed by atoms with van der Waals surface area (Å²) in [7, 11) is 0. The number of hydrogen-bond donors (Lipinski definition) is 1. The van der Waals surface area contributed by atoms with Crippen molar-refractivity contribution in [3.8, 4) is 5.75 Å². The lowest BCUT2D eigenvalue weighted by atomic mass is 9.94. The van der Waals surface area contributed by atoms with Crippen molar-refractivity contribution in [1.29, 1.82) is 0 Å². The number of fused-ring (bicyclic) bond motifs is 1. The van der Waals surface area contributed by atoms with Gasteiger partial charge in [-0.15, -0.1) is 0 Å². The van der Waals surface area contributed by atoms with Gasteiger partial charge in [0.15, 0.2) is 10.9 Å². The number of anilines is 1. The van der Waals surface area contributed by atoms with Crippen molar-refractivity contribution in [1.82, 2.24) is 4.98 Å². The van der Waals surface area contributed by atoms with Crippen molar-refractivity contribution in [2.45, 2.75) is 39.3 Å². The van der Waals surface area contributed by atoms with Crippen molar-refractivity contribution in [2.24, 2.45) is 0 Å². The predicted molar refractivity (Wildman–Crippen MR) is 128 cm³/mol. The van der Waals surface area contributed by atoms with E-state index in [4.69, 9.17) is 4.74 Å². The molecule has 2 aromatic carbocycles. The number of halogens is 1. The number of amides is 1. The fourth-order valence-electron chi connectivity index (χ4n) is 4.56. The van der Waals surface area contributed by atoms with E-state index in [1.165, 1.54) is 25.1 Å². The molecule has 2 atom stereocenters. The smallest absolute Gasteiger partial charge is 0.301 e. The number of rotatable bonds is 4. The zero-order valence-corrected chi connectivity index (χ0v) is 20.0. The van der Waals surface area contributed by atoms with Gasteiger partial charge < -0.3 is 9.84 Å². The van der Waals surface area contributed by atoms with E-state index < -0.39 is 29.3 Å². The van der Waals surface area contributed by atoms with Gasteiger partial charge in [-0.3, -0.25) is 19.3 Å².